The van der Waals surface area contributed by atoms with Crippen LogP contribution in [0.1, 0.15) is 23.2 Å². The molecule has 1 heterocycles. The molecule has 0 unspecified atom stereocenters. The zero-order chi connectivity index (χ0) is 13.7. The number of fused-ring (bicyclic) bond motifs is 1. The number of amides is 1. The van der Waals surface area contributed by atoms with Crippen LogP contribution in [0.25, 0.3) is 0 Å². The van der Waals surface area contributed by atoms with Gasteiger partial charge < -0.3 is 10.2 Å². The molecule has 19 heavy (non-hydrogen) atoms. The number of nitrogens with one attached hydrogen (secondary N) is 1. The fraction of sp³-hybridized carbons (Fsp3) is 0.333. The number of para-hydroxylation sites is 1. The normalized spacial score (nSPS) is 14.5. The van der Waals surface area contributed by atoms with Crippen LogP contribution in [0.4, 0.5) is 5.69 Å². The molecule has 0 saturated carbocycles. The molecular weight excluding hydrogens is 240 g/mol. The summed E-state index contributed by atoms with van der Waals surface area (Å²) in [6.45, 7) is 5.04. The summed E-state index contributed by atoms with van der Waals surface area (Å²) in [5.41, 5.74) is 1.58. The molecule has 0 bridgehead atoms. The molecule has 1 aromatic carbocycles. The van der Waals surface area contributed by atoms with Gasteiger partial charge in [0, 0.05) is 30.8 Å². The largest absolute Gasteiger partial charge is 0.362 e. The van der Waals surface area contributed by atoms with E-state index in [4.69, 9.17) is 0 Å². The fourth-order valence-corrected chi connectivity index (χ4v) is 2.25. The molecule has 0 atom stereocenters. The van der Waals surface area contributed by atoms with Crippen LogP contribution in [0.5, 0.6) is 0 Å². The average Bonchev–Trinajstić information content (AvgIpc) is 2.58. The van der Waals surface area contributed by atoms with Crippen molar-refractivity contribution in [2.75, 3.05) is 24.5 Å². The second-order valence-corrected chi connectivity index (χ2v) is 4.56. The van der Waals surface area contributed by atoms with E-state index >= 15 is 0 Å². The average molecular weight is 258 g/mol. The summed E-state index contributed by atoms with van der Waals surface area (Å²) in [5, 5.41) is 2.76. The summed E-state index contributed by atoms with van der Waals surface area (Å²) >= 11 is 0. The van der Waals surface area contributed by atoms with Crippen molar-refractivity contribution in [2.24, 2.45) is 0 Å². The van der Waals surface area contributed by atoms with Crippen LogP contribution in [0.3, 0.4) is 0 Å². The monoisotopic (exact) mass is 258 g/mol. The van der Waals surface area contributed by atoms with Crippen LogP contribution < -0.4 is 10.2 Å². The molecule has 1 N–H and O–H groups in total. The highest BCUT2D eigenvalue weighted by atomic mass is 16.2. The highest BCUT2D eigenvalue weighted by molar-refractivity contribution is 6.02. The molecule has 1 aliphatic heterocycles. The molecule has 1 amide bonds. The molecule has 4 nitrogen and oxygen atoms in total. The van der Waals surface area contributed by atoms with Crippen molar-refractivity contribution >= 4 is 17.4 Å². The number of anilines is 1. The summed E-state index contributed by atoms with van der Waals surface area (Å²) in [5.74, 6) is 0.105. The van der Waals surface area contributed by atoms with Gasteiger partial charge in [0.1, 0.15) is 0 Å². The predicted octanol–water partition coefficient (Wildman–Crippen LogP) is 1.77. The van der Waals surface area contributed by atoms with Gasteiger partial charge in [-0.25, -0.2) is 0 Å². The van der Waals surface area contributed by atoms with Crippen LogP contribution >= 0.6 is 0 Å². The lowest BCUT2D eigenvalue weighted by Crippen LogP contribution is -2.37. The van der Waals surface area contributed by atoms with Gasteiger partial charge in [-0.15, -0.1) is 6.58 Å². The Hall–Kier alpha value is -2.10. The van der Waals surface area contributed by atoms with E-state index in [0.29, 0.717) is 13.0 Å². The SMILES string of the molecule is C=CCNC(=O)CN1CCCC(=O)c2ccccc21. The number of ketones is 1. The van der Waals surface area contributed by atoms with Crippen LogP contribution in [0, 0.1) is 0 Å². The molecular formula is C15H18N2O2. The first kappa shape index (κ1) is 13.3. The van der Waals surface area contributed by atoms with Crippen molar-refractivity contribution in [2.45, 2.75) is 12.8 Å². The van der Waals surface area contributed by atoms with E-state index in [9.17, 15) is 9.59 Å². The van der Waals surface area contributed by atoms with Crippen molar-refractivity contribution < 1.29 is 9.59 Å². The van der Waals surface area contributed by atoms with Gasteiger partial charge >= 0.3 is 0 Å². The van der Waals surface area contributed by atoms with Crippen molar-refractivity contribution in [1.82, 2.24) is 5.32 Å². The number of hydrogen-bond acceptors (Lipinski definition) is 3. The van der Waals surface area contributed by atoms with Crippen molar-refractivity contribution in [3.63, 3.8) is 0 Å². The molecule has 0 radical (unpaired) electrons. The van der Waals surface area contributed by atoms with E-state index < -0.39 is 0 Å². The maximum absolute atomic E-state index is 12.0. The Labute approximate surface area is 113 Å². The zero-order valence-electron chi connectivity index (χ0n) is 10.9. The van der Waals surface area contributed by atoms with Gasteiger partial charge in [-0.2, -0.15) is 0 Å². The first-order valence-corrected chi connectivity index (χ1v) is 6.47. The molecule has 4 heteroatoms. The minimum absolute atomic E-state index is 0.0518. The minimum Gasteiger partial charge on any atom is -0.362 e. The lowest BCUT2D eigenvalue weighted by atomic mass is 10.1. The molecule has 0 spiro atoms. The topological polar surface area (TPSA) is 49.4 Å². The van der Waals surface area contributed by atoms with Crippen LogP contribution in [-0.4, -0.2) is 31.3 Å². The number of hydrogen-bond donors (Lipinski definition) is 1. The Balaban J connectivity index is 2.16. The Kier molecular flexibility index (Phi) is 4.34. The number of carbonyl (C=O) groups excluding carboxylic acids is 2. The van der Waals surface area contributed by atoms with E-state index in [1.165, 1.54) is 0 Å². The number of nitrogens with zero attached hydrogens (tertiary/aromatic N) is 1. The van der Waals surface area contributed by atoms with Crippen molar-refractivity contribution in [1.29, 1.82) is 0 Å². The summed E-state index contributed by atoms with van der Waals surface area (Å²) in [6, 6.07) is 7.49. The Bertz CT molecular complexity index is 497. The lowest BCUT2D eigenvalue weighted by Gasteiger charge is -2.23. The Morgan fingerprint density at radius 2 is 2.21 bits per heavy atom. The second-order valence-electron chi connectivity index (χ2n) is 4.56. The van der Waals surface area contributed by atoms with E-state index in [1.807, 2.05) is 29.2 Å². The summed E-state index contributed by atoms with van der Waals surface area (Å²) < 4.78 is 0. The third kappa shape index (κ3) is 3.22. The number of carbonyl (C=O) groups is 2. The highest BCUT2D eigenvalue weighted by Gasteiger charge is 2.21. The Morgan fingerprint density at radius 3 is 3.00 bits per heavy atom. The molecule has 0 aliphatic carbocycles. The van der Waals surface area contributed by atoms with E-state index in [-0.39, 0.29) is 18.2 Å². The van der Waals surface area contributed by atoms with Crippen molar-refractivity contribution in [3.8, 4) is 0 Å². The van der Waals surface area contributed by atoms with Gasteiger partial charge in [0.15, 0.2) is 5.78 Å². The smallest absolute Gasteiger partial charge is 0.239 e. The van der Waals surface area contributed by atoms with E-state index in [2.05, 4.69) is 11.9 Å². The van der Waals surface area contributed by atoms with Gasteiger partial charge in [-0.1, -0.05) is 18.2 Å². The van der Waals surface area contributed by atoms with E-state index in [1.54, 1.807) is 6.08 Å². The standard InChI is InChI=1S/C15H18N2O2/c1-2-9-16-15(19)11-17-10-5-8-14(18)12-6-3-4-7-13(12)17/h2-4,6-7H,1,5,8-11H2,(H,16,19). The van der Waals surface area contributed by atoms with Crippen LogP contribution in [-0.2, 0) is 4.79 Å². The van der Waals surface area contributed by atoms with Crippen LogP contribution in [0.2, 0.25) is 0 Å². The highest BCUT2D eigenvalue weighted by Crippen LogP contribution is 2.25. The molecule has 2 rings (SSSR count). The molecule has 100 valence electrons. The molecule has 0 aromatic heterocycles. The third-order valence-electron chi connectivity index (χ3n) is 3.16. The quantitative estimate of drug-likeness (QED) is 0.837. The second kappa shape index (κ2) is 6.18. The van der Waals surface area contributed by atoms with Gasteiger partial charge in [-0.3, -0.25) is 9.59 Å². The summed E-state index contributed by atoms with van der Waals surface area (Å²) in [4.78, 5) is 25.7. The predicted molar refractivity (Wildman–Crippen MR) is 75.4 cm³/mol. The first-order chi connectivity index (χ1) is 9.22. The van der Waals surface area contributed by atoms with Gasteiger partial charge in [0.25, 0.3) is 0 Å². The number of rotatable bonds is 4. The molecule has 1 aliphatic rings. The summed E-state index contributed by atoms with van der Waals surface area (Å²) in [6.07, 6.45) is 2.97. The lowest BCUT2D eigenvalue weighted by molar-refractivity contribution is -0.119. The van der Waals surface area contributed by atoms with Gasteiger partial charge in [-0.05, 0) is 18.6 Å². The maximum atomic E-state index is 12.0. The maximum Gasteiger partial charge on any atom is 0.239 e. The first-order valence-electron chi connectivity index (χ1n) is 6.47. The van der Waals surface area contributed by atoms with Gasteiger partial charge in [0.2, 0.25) is 5.91 Å². The number of Topliss-reactive ketones (excluding diaryl/α,β-unsaturated/α-hetero) is 1. The van der Waals surface area contributed by atoms with Crippen molar-refractivity contribution in [3.05, 3.63) is 42.5 Å². The third-order valence-corrected chi connectivity index (χ3v) is 3.16. The molecule has 1 aromatic rings. The fourth-order valence-electron chi connectivity index (χ4n) is 2.25. The van der Waals surface area contributed by atoms with E-state index in [0.717, 1.165) is 24.2 Å². The zero-order valence-corrected chi connectivity index (χ0v) is 10.9. The minimum atomic E-state index is -0.0518. The molecule has 0 fully saturated rings. The van der Waals surface area contributed by atoms with Crippen LogP contribution in [0.15, 0.2) is 36.9 Å². The number of benzene rings is 1. The summed E-state index contributed by atoms with van der Waals surface area (Å²) in [7, 11) is 0. The van der Waals surface area contributed by atoms with Gasteiger partial charge in [0.05, 0.1) is 6.54 Å². The Morgan fingerprint density at radius 1 is 1.42 bits per heavy atom. The molecule has 0 saturated heterocycles.